The second-order valence-electron chi connectivity index (χ2n) is 6.20. The number of rotatable bonds is 9. The highest BCUT2D eigenvalue weighted by molar-refractivity contribution is 5.97. The van der Waals surface area contributed by atoms with Crippen LogP contribution in [0, 0.1) is 11.6 Å². The van der Waals surface area contributed by atoms with Gasteiger partial charge < -0.3 is 19.7 Å². The van der Waals surface area contributed by atoms with Gasteiger partial charge in [0, 0.05) is 30.8 Å². The SMILES string of the molecule is CCOc1ccc(C(=O)NCC(=O)N(C)Cc2ccc(F)cc2F)cc1OCC. The lowest BCUT2D eigenvalue weighted by molar-refractivity contribution is -0.129. The van der Waals surface area contributed by atoms with Gasteiger partial charge in [0.05, 0.1) is 19.8 Å². The Hall–Kier alpha value is -3.16. The number of likely N-dealkylation sites (N-methyl/N-ethyl adjacent to an activating group) is 1. The molecule has 0 saturated carbocycles. The summed E-state index contributed by atoms with van der Waals surface area (Å²) in [5.41, 5.74) is 0.499. The topological polar surface area (TPSA) is 67.9 Å². The van der Waals surface area contributed by atoms with Crippen molar-refractivity contribution in [2.45, 2.75) is 20.4 Å². The molecular formula is C21H24F2N2O4. The smallest absolute Gasteiger partial charge is 0.251 e. The molecule has 0 bridgehead atoms. The number of benzene rings is 2. The van der Waals surface area contributed by atoms with E-state index in [1.807, 2.05) is 13.8 Å². The van der Waals surface area contributed by atoms with E-state index >= 15 is 0 Å². The summed E-state index contributed by atoms with van der Waals surface area (Å²) in [5, 5.41) is 2.53. The Kier molecular flexibility index (Phi) is 7.94. The molecule has 0 fully saturated rings. The number of carbonyl (C=O) groups is 2. The van der Waals surface area contributed by atoms with Crippen LogP contribution >= 0.6 is 0 Å². The van der Waals surface area contributed by atoms with Gasteiger partial charge in [-0.1, -0.05) is 6.07 Å². The highest BCUT2D eigenvalue weighted by Crippen LogP contribution is 2.28. The maximum atomic E-state index is 13.7. The molecule has 0 aliphatic rings. The molecule has 2 aromatic carbocycles. The summed E-state index contributed by atoms with van der Waals surface area (Å²) in [6.07, 6.45) is 0. The van der Waals surface area contributed by atoms with Crippen LogP contribution in [0.2, 0.25) is 0 Å². The number of halogens is 2. The first-order chi connectivity index (χ1) is 13.8. The van der Waals surface area contributed by atoms with Crippen molar-refractivity contribution in [3.63, 3.8) is 0 Å². The summed E-state index contributed by atoms with van der Waals surface area (Å²) in [5.74, 6) is -1.32. The lowest BCUT2D eigenvalue weighted by atomic mass is 10.2. The molecule has 2 aromatic rings. The molecule has 0 aliphatic carbocycles. The molecule has 1 N–H and O–H groups in total. The van der Waals surface area contributed by atoms with Gasteiger partial charge in [-0.25, -0.2) is 8.78 Å². The summed E-state index contributed by atoms with van der Waals surface area (Å²) in [4.78, 5) is 25.9. The predicted octanol–water partition coefficient (Wildman–Crippen LogP) is 3.15. The summed E-state index contributed by atoms with van der Waals surface area (Å²) in [6, 6.07) is 7.92. The quantitative estimate of drug-likeness (QED) is 0.695. The first-order valence-corrected chi connectivity index (χ1v) is 9.21. The molecule has 8 heteroatoms. The van der Waals surface area contributed by atoms with Crippen LogP contribution in [-0.2, 0) is 11.3 Å². The number of hydrogen-bond donors (Lipinski definition) is 1. The van der Waals surface area contributed by atoms with Crippen molar-refractivity contribution in [2.75, 3.05) is 26.8 Å². The molecule has 0 saturated heterocycles. The number of amides is 2. The minimum absolute atomic E-state index is 0.0433. The number of ether oxygens (including phenoxy) is 2. The Labute approximate surface area is 168 Å². The third-order valence-corrected chi connectivity index (χ3v) is 4.05. The fourth-order valence-electron chi connectivity index (χ4n) is 2.58. The molecule has 0 heterocycles. The van der Waals surface area contributed by atoms with Crippen molar-refractivity contribution in [1.82, 2.24) is 10.2 Å². The molecule has 2 rings (SSSR count). The summed E-state index contributed by atoms with van der Waals surface area (Å²) >= 11 is 0. The van der Waals surface area contributed by atoms with Crippen molar-refractivity contribution in [3.8, 4) is 11.5 Å². The Bertz CT molecular complexity index is 874. The molecule has 2 amide bonds. The van der Waals surface area contributed by atoms with Gasteiger partial charge >= 0.3 is 0 Å². The highest BCUT2D eigenvalue weighted by atomic mass is 19.1. The standard InChI is InChI=1S/C21H24F2N2O4/c1-4-28-18-9-7-14(10-19(18)29-5-2)21(27)24-12-20(26)25(3)13-15-6-8-16(22)11-17(15)23/h6-11H,4-5,12-13H2,1-3H3,(H,24,27). The largest absolute Gasteiger partial charge is 0.490 e. The summed E-state index contributed by atoms with van der Waals surface area (Å²) < 4.78 is 37.6. The van der Waals surface area contributed by atoms with E-state index in [1.54, 1.807) is 18.2 Å². The molecular weight excluding hydrogens is 382 g/mol. The van der Waals surface area contributed by atoms with Gasteiger partial charge in [0.1, 0.15) is 11.6 Å². The molecule has 0 atom stereocenters. The zero-order valence-electron chi connectivity index (χ0n) is 16.6. The first kappa shape index (κ1) is 22.1. The minimum Gasteiger partial charge on any atom is -0.490 e. The van der Waals surface area contributed by atoms with Gasteiger partial charge in [0.2, 0.25) is 5.91 Å². The number of nitrogens with one attached hydrogen (secondary N) is 1. The van der Waals surface area contributed by atoms with Crippen molar-refractivity contribution < 1.29 is 27.8 Å². The van der Waals surface area contributed by atoms with E-state index in [0.29, 0.717) is 30.3 Å². The monoisotopic (exact) mass is 406 g/mol. The Morgan fingerprint density at radius 1 is 1.00 bits per heavy atom. The van der Waals surface area contributed by atoms with E-state index in [-0.39, 0.29) is 18.7 Å². The second kappa shape index (κ2) is 10.4. The average molecular weight is 406 g/mol. The normalized spacial score (nSPS) is 10.4. The molecule has 0 aromatic heterocycles. The van der Waals surface area contributed by atoms with E-state index in [4.69, 9.17) is 9.47 Å². The van der Waals surface area contributed by atoms with E-state index in [1.165, 1.54) is 18.0 Å². The van der Waals surface area contributed by atoms with Gasteiger partial charge in [-0.05, 0) is 38.1 Å². The maximum Gasteiger partial charge on any atom is 0.251 e. The third-order valence-electron chi connectivity index (χ3n) is 4.05. The Balaban J connectivity index is 1.96. The van der Waals surface area contributed by atoms with Crippen molar-refractivity contribution in [2.24, 2.45) is 0 Å². The Morgan fingerprint density at radius 3 is 2.34 bits per heavy atom. The zero-order valence-corrected chi connectivity index (χ0v) is 16.6. The van der Waals surface area contributed by atoms with Gasteiger partial charge in [0.15, 0.2) is 11.5 Å². The third kappa shape index (κ3) is 6.17. The Morgan fingerprint density at radius 2 is 1.69 bits per heavy atom. The fourth-order valence-corrected chi connectivity index (χ4v) is 2.58. The molecule has 0 unspecified atom stereocenters. The van der Waals surface area contributed by atoms with E-state index in [9.17, 15) is 18.4 Å². The van der Waals surface area contributed by atoms with E-state index < -0.39 is 23.4 Å². The number of nitrogens with zero attached hydrogens (tertiary/aromatic N) is 1. The van der Waals surface area contributed by atoms with Crippen LogP contribution in [0.4, 0.5) is 8.78 Å². The minimum atomic E-state index is -0.730. The van der Waals surface area contributed by atoms with Crippen molar-refractivity contribution >= 4 is 11.8 Å². The lowest BCUT2D eigenvalue weighted by Gasteiger charge is -2.18. The molecule has 0 spiro atoms. The number of carbonyl (C=O) groups excluding carboxylic acids is 2. The van der Waals surface area contributed by atoms with Gasteiger partial charge in [-0.3, -0.25) is 9.59 Å². The van der Waals surface area contributed by atoms with E-state index in [2.05, 4.69) is 5.32 Å². The van der Waals surface area contributed by atoms with E-state index in [0.717, 1.165) is 12.1 Å². The predicted molar refractivity (Wildman–Crippen MR) is 104 cm³/mol. The van der Waals surface area contributed by atoms with Crippen LogP contribution in [0.25, 0.3) is 0 Å². The van der Waals surface area contributed by atoms with Gasteiger partial charge in [0.25, 0.3) is 5.91 Å². The van der Waals surface area contributed by atoms with Crippen LogP contribution in [0.1, 0.15) is 29.8 Å². The van der Waals surface area contributed by atoms with Crippen molar-refractivity contribution in [1.29, 1.82) is 0 Å². The number of hydrogen-bond acceptors (Lipinski definition) is 4. The van der Waals surface area contributed by atoms with Crippen LogP contribution < -0.4 is 14.8 Å². The van der Waals surface area contributed by atoms with Gasteiger partial charge in [-0.2, -0.15) is 0 Å². The fraction of sp³-hybridized carbons (Fsp3) is 0.333. The summed E-state index contributed by atoms with van der Waals surface area (Å²) in [6.45, 7) is 4.22. The first-order valence-electron chi connectivity index (χ1n) is 9.21. The van der Waals surface area contributed by atoms with Crippen LogP contribution in [0.3, 0.4) is 0 Å². The van der Waals surface area contributed by atoms with Gasteiger partial charge in [-0.15, -0.1) is 0 Å². The molecule has 0 aliphatic heterocycles. The second-order valence-corrected chi connectivity index (χ2v) is 6.20. The lowest BCUT2D eigenvalue weighted by Crippen LogP contribution is -2.38. The maximum absolute atomic E-state index is 13.7. The van der Waals surface area contributed by atoms with Crippen LogP contribution in [-0.4, -0.2) is 43.5 Å². The molecule has 156 valence electrons. The summed E-state index contributed by atoms with van der Waals surface area (Å²) in [7, 11) is 1.47. The molecule has 6 nitrogen and oxygen atoms in total. The molecule has 0 radical (unpaired) electrons. The highest BCUT2D eigenvalue weighted by Gasteiger charge is 2.16. The zero-order chi connectivity index (χ0) is 21.4. The molecule has 29 heavy (non-hydrogen) atoms. The van der Waals surface area contributed by atoms with Crippen molar-refractivity contribution in [3.05, 3.63) is 59.2 Å². The van der Waals surface area contributed by atoms with Crippen LogP contribution in [0.5, 0.6) is 11.5 Å². The average Bonchev–Trinajstić information content (AvgIpc) is 2.69. The van der Waals surface area contributed by atoms with Crippen LogP contribution in [0.15, 0.2) is 36.4 Å².